The van der Waals surface area contributed by atoms with E-state index in [1.165, 1.54) is 16.9 Å². The van der Waals surface area contributed by atoms with Crippen molar-refractivity contribution in [1.82, 2.24) is 4.98 Å². The van der Waals surface area contributed by atoms with Gasteiger partial charge in [-0.25, -0.2) is 4.98 Å². The second-order valence-electron chi connectivity index (χ2n) is 7.00. The molecule has 0 saturated heterocycles. The van der Waals surface area contributed by atoms with Gasteiger partial charge in [0.2, 0.25) is 5.91 Å². The van der Waals surface area contributed by atoms with Crippen LogP contribution >= 0.6 is 36.2 Å². The fraction of sp³-hybridized carbons (Fsp3) is 0.273. The second kappa shape index (κ2) is 10.7. The zero-order chi connectivity index (χ0) is 19.5. The highest BCUT2D eigenvalue weighted by atomic mass is 35.5. The maximum Gasteiger partial charge on any atom is 0.233 e. The lowest BCUT2D eigenvalue weighted by molar-refractivity contribution is -0.118. The smallest absolute Gasteiger partial charge is 0.233 e. The minimum atomic E-state index is 0. The molecule has 160 valence electrons. The van der Waals surface area contributed by atoms with Crippen LogP contribution in [-0.4, -0.2) is 17.4 Å². The van der Waals surface area contributed by atoms with Crippen molar-refractivity contribution >= 4 is 53.4 Å². The Hall–Kier alpha value is -2.28. The molecule has 0 unspecified atom stereocenters. The Morgan fingerprint density at radius 1 is 1.20 bits per heavy atom. The Morgan fingerprint density at radius 2 is 1.97 bits per heavy atom. The van der Waals surface area contributed by atoms with Crippen molar-refractivity contribution in [3.8, 4) is 5.75 Å². The molecular formula is C22H25Cl2N3O2S. The van der Waals surface area contributed by atoms with Gasteiger partial charge in [0.25, 0.3) is 0 Å². The monoisotopic (exact) mass is 465 g/mol. The highest BCUT2D eigenvalue weighted by Gasteiger charge is 2.24. The average molecular weight is 466 g/mol. The lowest BCUT2D eigenvalue weighted by atomic mass is 9.99. The summed E-state index contributed by atoms with van der Waals surface area (Å²) in [5.74, 6) is 0.879. The first-order valence-corrected chi connectivity index (χ1v) is 10.3. The van der Waals surface area contributed by atoms with Crippen molar-refractivity contribution in [3.05, 3.63) is 69.7 Å². The normalized spacial score (nSPS) is 12.4. The molecule has 0 saturated carbocycles. The molecule has 1 amide bonds. The van der Waals surface area contributed by atoms with Crippen LogP contribution in [0.4, 0.5) is 11.4 Å². The summed E-state index contributed by atoms with van der Waals surface area (Å²) in [6.07, 6.45) is 2.14. The molecule has 2 aromatic carbocycles. The van der Waals surface area contributed by atoms with Gasteiger partial charge in [-0.1, -0.05) is 23.8 Å². The molecule has 4 rings (SSSR count). The third-order valence-corrected chi connectivity index (χ3v) is 5.77. The molecule has 30 heavy (non-hydrogen) atoms. The van der Waals surface area contributed by atoms with E-state index in [1.54, 1.807) is 0 Å². The van der Waals surface area contributed by atoms with Crippen LogP contribution in [0.15, 0.2) is 47.8 Å². The predicted octanol–water partition coefficient (Wildman–Crippen LogP) is 4.98. The van der Waals surface area contributed by atoms with E-state index in [0.29, 0.717) is 6.61 Å². The summed E-state index contributed by atoms with van der Waals surface area (Å²) in [7, 11) is 0. The van der Waals surface area contributed by atoms with Crippen molar-refractivity contribution in [2.75, 3.05) is 17.2 Å². The first kappa shape index (κ1) is 24.0. The number of aryl methyl sites for hydroxylation is 1. The maximum absolute atomic E-state index is 12.9. The fourth-order valence-electron chi connectivity index (χ4n) is 3.44. The summed E-state index contributed by atoms with van der Waals surface area (Å²) in [5.41, 5.74) is 10.8. The number of hydrogen-bond acceptors (Lipinski definition) is 5. The fourth-order valence-corrected chi connectivity index (χ4v) is 4.14. The number of aromatic nitrogens is 1. The summed E-state index contributed by atoms with van der Waals surface area (Å²) >= 11 is 1.52. The van der Waals surface area contributed by atoms with Crippen LogP contribution in [0, 0.1) is 6.92 Å². The van der Waals surface area contributed by atoms with Crippen molar-refractivity contribution in [1.29, 1.82) is 0 Å². The third-order valence-electron chi connectivity index (χ3n) is 4.90. The first-order chi connectivity index (χ1) is 13.6. The lowest BCUT2D eigenvalue weighted by Gasteiger charge is -2.30. The molecule has 1 aliphatic heterocycles. The second-order valence-corrected chi connectivity index (χ2v) is 7.95. The van der Waals surface area contributed by atoms with Crippen LogP contribution in [0.1, 0.15) is 28.2 Å². The zero-order valence-corrected chi connectivity index (χ0v) is 19.1. The van der Waals surface area contributed by atoms with Crippen LogP contribution in [0.25, 0.3) is 0 Å². The summed E-state index contributed by atoms with van der Waals surface area (Å²) in [6, 6.07) is 13.7. The Balaban J connectivity index is 0.00000160. The van der Waals surface area contributed by atoms with Gasteiger partial charge in [0, 0.05) is 23.3 Å². The molecule has 3 aromatic rings. The Morgan fingerprint density at radius 3 is 2.73 bits per heavy atom. The van der Waals surface area contributed by atoms with Gasteiger partial charge < -0.3 is 15.4 Å². The van der Waals surface area contributed by atoms with Crippen molar-refractivity contribution in [3.63, 3.8) is 0 Å². The van der Waals surface area contributed by atoms with Crippen LogP contribution in [0.5, 0.6) is 5.75 Å². The van der Waals surface area contributed by atoms with Gasteiger partial charge in [-0.15, -0.1) is 36.2 Å². The van der Waals surface area contributed by atoms with E-state index >= 15 is 0 Å². The number of nitrogens with two attached hydrogens (primary N) is 1. The molecule has 1 aromatic heterocycles. The summed E-state index contributed by atoms with van der Waals surface area (Å²) in [6.45, 7) is 3.18. The summed E-state index contributed by atoms with van der Waals surface area (Å²) < 4.78 is 5.78. The molecule has 0 spiro atoms. The van der Waals surface area contributed by atoms with Gasteiger partial charge in [-0.3, -0.25) is 4.79 Å². The minimum absolute atomic E-state index is 0. The van der Waals surface area contributed by atoms with Gasteiger partial charge in [0.1, 0.15) is 17.4 Å². The van der Waals surface area contributed by atoms with E-state index in [1.807, 2.05) is 59.7 Å². The summed E-state index contributed by atoms with van der Waals surface area (Å²) in [4.78, 5) is 19.3. The quantitative estimate of drug-likeness (QED) is 0.539. The predicted molar refractivity (Wildman–Crippen MR) is 127 cm³/mol. The number of thiazole rings is 1. The van der Waals surface area contributed by atoms with E-state index in [9.17, 15) is 4.79 Å². The van der Waals surface area contributed by atoms with Crippen LogP contribution in [0.3, 0.4) is 0 Å². The Labute approximate surface area is 193 Å². The number of nitrogens with zero attached hydrogens (tertiary/aromatic N) is 2. The molecule has 2 heterocycles. The molecule has 8 heteroatoms. The topological polar surface area (TPSA) is 68.5 Å². The van der Waals surface area contributed by atoms with Crippen LogP contribution < -0.4 is 15.4 Å². The molecule has 5 nitrogen and oxygen atoms in total. The number of amides is 1. The number of hydrogen-bond donors (Lipinski definition) is 1. The molecule has 0 aliphatic carbocycles. The van der Waals surface area contributed by atoms with Gasteiger partial charge in [0.05, 0.1) is 12.1 Å². The van der Waals surface area contributed by atoms with Crippen LogP contribution in [-0.2, 0) is 24.2 Å². The highest BCUT2D eigenvalue weighted by molar-refractivity contribution is 7.09. The average Bonchev–Trinajstić information content (AvgIpc) is 3.15. The zero-order valence-electron chi connectivity index (χ0n) is 16.7. The SMILES string of the molecule is Cc1ccc(OCc2nc(CC(=O)N3CCCc4c(N)cccc43)cs2)cc1.Cl.Cl. The van der Waals surface area contributed by atoms with Gasteiger partial charge >= 0.3 is 0 Å². The highest BCUT2D eigenvalue weighted by Crippen LogP contribution is 2.31. The van der Waals surface area contributed by atoms with Crippen molar-refractivity contribution < 1.29 is 9.53 Å². The van der Waals surface area contributed by atoms with E-state index < -0.39 is 0 Å². The van der Waals surface area contributed by atoms with E-state index in [2.05, 4.69) is 4.98 Å². The molecule has 1 aliphatic rings. The van der Waals surface area contributed by atoms with Crippen molar-refractivity contribution in [2.45, 2.75) is 32.8 Å². The number of ether oxygens (including phenoxy) is 1. The molecular weight excluding hydrogens is 441 g/mol. The number of carbonyl (C=O) groups is 1. The van der Waals surface area contributed by atoms with Gasteiger partial charge in [-0.05, 0) is 49.6 Å². The van der Waals surface area contributed by atoms with E-state index in [-0.39, 0.29) is 37.1 Å². The molecule has 2 N–H and O–H groups in total. The molecule has 0 radical (unpaired) electrons. The van der Waals surface area contributed by atoms with Gasteiger partial charge in [-0.2, -0.15) is 0 Å². The first-order valence-electron chi connectivity index (χ1n) is 9.40. The maximum atomic E-state index is 12.9. The number of carbonyl (C=O) groups excluding carboxylic acids is 1. The van der Waals surface area contributed by atoms with Gasteiger partial charge in [0.15, 0.2) is 0 Å². The number of halogens is 2. The van der Waals surface area contributed by atoms with Crippen molar-refractivity contribution in [2.24, 2.45) is 0 Å². The number of rotatable bonds is 5. The minimum Gasteiger partial charge on any atom is -0.486 e. The largest absolute Gasteiger partial charge is 0.486 e. The molecule has 0 bridgehead atoms. The standard InChI is InChI=1S/C22H23N3O2S.2ClH/c1-15-7-9-17(10-8-15)27-13-21-24-16(14-28-21)12-22(26)25-11-3-4-18-19(23)5-2-6-20(18)25;;/h2,5-10,14H,3-4,11-13,23H2,1H3;2*1H. The number of nitrogen functional groups attached to an aromatic ring is 1. The van der Waals surface area contributed by atoms with Crippen LogP contribution in [0.2, 0.25) is 0 Å². The third kappa shape index (κ3) is 5.45. The Kier molecular flexibility index (Phi) is 8.53. The molecule has 0 fully saturated rings. The number of benzene rings is 2. The Bertz CT molecular complexity index is 992. The summed E-state index contributed by atoms with van der Waals surface area (Å²) in [5, 5.41) is 2.81. The lowest BCUT2D eigenvalue weighted by Crippen LogP contribution is -2.36. The number of anilines is 2. The molecule has 0 atom stereocenters. The number of fused-ring (bicyclic) bond motifs is 1. The van der Waals surface area contributed by atoms with E-state index in [4.69, 9.17) is 10.5 Å². The van der Waals surface area contributed by atoms with E-state index in [0.717, 1.165) is 52.8 Å².